The topological polar surface area (TPSA) is 90.5 Å². The second-order valence-corrected chi connectivity index (χ2v) is 7.86. The molecular formula is C21H22N2O5S. The van der Waals surface area contributed by atoms with Crippen LogP contribution in [0.3, 0.4) is 0 Å². The van der Waals surface area contributed by atoms with Crippen LogP contribution in [-0.2, 0) is 24.2 Å². The molecule has 0 aliphatic heterocycles. The van der Waals surface area contributed by atoms with Crippen LogP contribution >= 0.6 is 11.3 Å². The van der Waals surface area contributed by atoms with Gasteiger partial charge in [0.2, 0.25) is 0 Å². The number of benzene rings is 1. The minimum absolute atomic E-state index is 0.109. The maximum Gasteiger partial charge on any atom is 0.338 e. The van der Waals surface area contributed by atoms with E-state index >= 15 is 0 Å². The fourth-order valence-electron chi connectivity index (χ4n) is 3.56. The molecule has 0 saturated heterocycles. The average molecular weight is 414 g/mol. The second kappa shape index (κ2) is 8.24. The first-order chi connectivity index (χ1) is 14.1. The summed E-state index contributed by atoms with van der Waals surface area (Å²) >= 11 is 1.57. The van der Waals surface area contributed by atoms with Crippen molar-refractivity contribution in [1.82, 2.24) is 9.97 Å². The van der Waals surface area contributed by atoms with Crippen LogP contribution in [0, 0.1) is 0 Å². The van der Waals surface area contributed by atoms with Gasteiger partial charge in [-0.1, -0.05) is 0 Å². The number of carbonyl (C=O) groups is 1. The summed E-state index contributed by atoms with van der Waals surface area (Å²) in [5.74, 6) is 0.829. The standard InChI is InChI=1S/C21H22N2O5S/c1-3-27-14-9-8-12(10-15(14)26-2)21(25)28-11-17-22-19(24)18-13-6-4-5-7-16(13)29-20(18)23-17/h8-10H,3-7,11H2,1-2H3,(H,22,23,24). The summed E-state index contributed by atoms with van der Waals surface area (Å²) in [6.45, 7) is 2.26. The molecule has 0 unspecified atom stereocenters. The number of fused-ring (bicyclic) bond motifs is 3. The maximum atomic E-state index is 12.6. The minimum atomic E-state index is -0.528. The van der Waals surface area contributed by atoms with E-state index in [0.717, 1.165) is 36.1 Å². The maximum absolute atomic E-state index is 12.6. The molecule has 0 radical (unpaired) electrons. The highest BCUT2D eigenvalue weighted by Gasteiger charge is 2.20. The third kappa shape index (κ3) is 3.85. The molecule has 1 aliphatic carbocycles. The molecular weight excluding hydrogens is 392 g/mol. The van der Waals surface area contributed by atoms with E-state index in [2.05, 4.69) is 9.97 Å². The second-order valence-electron chi connectivity index (χ2n) is 6.78. The zero-order valence-corrected chi connectivity index (χ0v) is 17.2. The molecule has 0 atom stereocenters. The summed E-state index contributed by atoms with van der Waals surface area (Å²) in [6, 6.07) is 4.85. The number of aromatic nitrogens is 2. The van der Waals surface area contributed by atoms with Crippen molar-refractivity contribution < 1.29 is 19.0 Å². The van der Waals surface area contributed by atoms with Crippen LogP contribution in [-0.4, -0.2) is 29.7 Å². The van der Waals surface area contributed by atoms with Crippen LogP contribution in [0.25, 0.3) is 10.2 Å². The number of hydrogen-bond acceptors (Lipinski definition) is 7. The molecule has 1 aromatic carbocycles. The van der Waals surface area contributed by atoms with Gasteiger partial charge in [0.25, 0.3) is 5.56 Å². The minimum Gasteiger partial charge on any atom is -0.493 e. The van der Waals surface area contributed by atoms with Gasteiger partial charge in [0.05, 0.1) is 24.7 Å². The van der Waals surface area contributed by atoms with Gasteiger partial charge in [-0.25, -0.2) is 9.78 Å². The molecule has 0 amide bonds. The van der Waals surface area contributed by atoms with E-state index in [1.807, 2.05) is 6.92 Å². The number of ether oxygens (including phenoxy) is 3. The number of H-pyrrole nitrogens is 1. The van der Waals surface area contributed by atoms with E-state index in [1.165, 1.54) is 12.0 Å². The summed E-state index contributed by atoms with van der Waals surface area (Å²) in [7, 11) is 1.51. The van der Waals surface area contributed by atoms with Crippen molar-refractivity contribution in [3.8, 4) is 11.5 Å². The summed E-state index contributed by atoms with van der Waals surface area (Å²) < 4.78 is 16.1. The summed E-state index contributed by atoms with van der Waals surface area (Å²) in [5, 5.41) is 0.691. The van der Waals surface area contributed by atoms with Gasteiger partial charge in [-0.05, 0) is 56.4 Å². The largest absolute Gasteiger partial charge is 0.493 e. The molecule has 0 spiro atoms. The first kappa shape index (κ1) is 19.4. The fourth-order valence-corrected chi connectivity index (χ4v) is 4.84. The molecule has 29 heavy (non-hydrogen) atoms. The molecule has 2 aromatic heterocycles. The Morgan fingerprint density at radius 3 is 2.86 bits per heavy atom. The third-order valence-electron chi connectivity index (χ3n) is 4.91. The molecule has 2 heterocycles. The van der Waals surface area contributed by atoms with Gasteiger partial charge in [-0.3, -0.25) is 4.79 Å². The smallest absolute Gasteiger partial charge is 0.338 e. The van der Waals surface area contributed by atoms with E-state index in [-0.39, 0.29) is 12.2 Å². The molecule has 0 bridgehead atoms. The lowest BCUT2D eigenvalue weighted by atomic mass is 9.97. The van der Waals surface area contributed by atoms with Gasteiger partial charge >= 0.3 is 5.97 Å². The number of aromatic amines is 1. The molecule has 7 nitrogen and oxygen atoms in total. The lowest BCUT2D eigenvalue weighted by Gasteiger charge is -2.11. The Balaban J connectivity index is 1.52. The predicted octanol–water partition coefficient (Wildman–Crippen LogP) is 3.63. The van der Waals surface area contributed by atoms with Crippen molar-refractivity contribution in [1.29, 1.82) is 0 Å². The Morgan fingerprint density at radius 2 is 2.07 bits per heavy atom. The van der Waals surface area contributed by atoms with E-state index in [9.17, 15) is 9.59 Å². The van der Waals surface area contributed by atoms with Crippen molar-refractivity contribution in [2.24, 2.45) is 0 Å². The Morgan fingerprint density at radius 1 is 1.24 bits per heavy atom. The molecule has 3 aromatic rings. The number of carbonyl (C=O) groups excluding carboxylic acids is 1. The normalized spacial score (nSPS) is 13.2. The van der Waals surface area contributed by atoms with Gasteiger partial charge in [0.1, 0.15) is 17.3 Å². The Kier molecular flexibility index (Phi) is 5.53. The Hall–Kier alpha value is -2.87. The van der Waals surface area contributed by atoms with Crippen molar-refractivity contribution in [2.45, 2.75) is 39.2 Å². The van der Waals surface area contributed by atoms with Gasteiger partial charge in [-0.2, -0.15) is 0 Å². The first-order valence-corrected chi connectivity index (χ1v) is 10.4. The van der Waals surface area contributed by atoms with Crippen LogP contribution in [0.2, 0.25) is 0 Å². The number of rotatable bonds is 6. The molecule has 1 N–H and O–H groups in total. The highest BCUT2D eigenvalue weighted by molar-refractivity contribution is 7.18. The lowest BCUT2D eigenvalue weighted by molar-refractivity contribution is 0.0462. The summed E-state index contributed by atoms with van der Waals surface area (Å²) in [4.78, 5) is 34.2. The number of thiophene rings is 1. The molecule has 1 aliphatic rings. The highest BCUT2D eigenvalue weighted by atomic mass is 32.1. The van der Waals surface area contributed by atoms with Gasteiger partial charge in [0.15, 0.2) is 11.5 Å². The predicted molar refractivity (Wildman–Crippen MR) is 110 cm³/mol. The van der Waals surface area contributed by atoms with Crippen LogP contribution in [0.1, 0.15) is 46.4 Å². The van der Waals surface area contributed by atoms with Gasteiger partial charge < -0.3 is 19.2 Å². The van der Waals surface area contributed by atoms with Crippen LogP contribution in [0.15, 0.2) is 23.0 Å². The Labute approximate surface area is 171 Å². The number of aryl methyl sites for hydroxylation is 2. The monoisotopic (exact) mass is 414 g/mol. The number of nitrogens with one attached hydrogen (secondary N) is 1. The quantitative estimate of drug-likeness (QED) is 0.620. The van der Waals surface area contributed by atoms with Crippen LogP contribution in [0.5, 0.6) is 11.5 Å². The average Bonchev–Trinajstić information content (AvgIpc) is 3.11. The third-order valence-corrected chi connectivity index (χ3v) is 6.10. The van der Waals surface area contributed by atoms with E-state index in [0.29, 0.717) is 34.9 Å². The summed E-state index contributed by atoms with van der Waals surface area (Å²) in [5.41, 5.74) is 1.30. The summed E-state index contributed by atoms with van der Waals surface area (Å²) in [6.07, 6.45) is 4.17. The SMILES string of the molecule is CCOc1ccc(C(=O)OCc2nc3sc4c(c3c(=O)[nH]2)CCCC4)cc1OC. The van der Waals surface area contributed by atoms with Crippen LogP contribution < -0.4 is 15.0 Å². The molecule has 0 saturated carbocycles. The zero-order valence-electron chi connectivity index (χ0n) is 16.4. The highest BCUT2D eigenvalue weighted by Crippen LogP contribution is 2.33. The van der Waals surface area contributed by atoms with Crippen molar-refractivity contribution in [3.63, 3.8) is 0 Å². The Bertz CT molecular complexity index is 1120. The molecule has 0 fully saturated rings. The lowest BCUT2D eigenvalue weighted by Crippen LogP contribution is -2.15. The van der Waals surface area contributed by atoms with Crippen LogP contribution in [0.4, 0.5) is 0 Å². The van der Waals surface area contributed by atoms with Crippen molar-refractivity contribution in [2.75, 3.05) is 13.7 Å². The van der Waals surface area contributed by atoms with Gasteiger partial charge in [-0.15, -0.1) is 11.3 Å². The van der Waals surface area contributed by atoms with E-state index in [4.69, 9.17) is 14.2 Å². The van der Waals surface area contributed by atoms with Crippen molar-refractivity contribution in [3.05, 3.63) is 50.4 Å². The van der Waals surface area contributed by atoms with Crippen molar-refractivity contribution >= 4 is 27.5 Å². The molecule has 8 heteroatoms. The fraction of sp³-hybridized carbons (Fsp3) is 0.381. The first-order valence-electron chi connectivity index (χ1n) is 9.62. The number of esters is 1. The number of hydrogen-bond donors (Lipinski definition) is 1. The number of methoxy groups -OCH3 is 1. The zero-order chi connectivity index (χ0) is 20.4. The van der Waals surface area contributed by atoms with E-state index in [1.54, 1.807) is 29.5 Å². The van der Waals surface area contributed by atoms with E-state index < -0.39 is 5.97 Å². The van der Waals surface area contributed by atoms with Gasteiger partial charge in [0, 0.05) is 4.88 Å². The molecule has 4 rings (SSSR count). The number of nitrogens with zero attached hydrogens (tertiary/aromatic N) is 1. The molecule has 152 valence electrons.